The Labute approximate surface area is 484 Å². The topological polar surface area (TPSA) is 19.6 Å². The van der Waals surface area contributed by atoms with E-state index in [1.807, 2.05) is 0 Å². The van der Waals surface area contributed by atoms with Crippen LogP contribution in [0.5, 0.6) is 0 Å². The fourth-order valence-electron chi connectivity index (χ4n) is 13.7. The second-order valence-corrected chi connectivity index (χ2v) is 27.4. The van der Waals surface area contributed by atoms with Crippen molar-refractivity contribution in [3.63, 3.8) is 0 Å². The van der Waals surface area contributed by atoms with Gasteiger partial charge in [-0.3, -0.25) is 0 Å². The highest BCUT2D eigenvalue weighted by Gasteiger charge is 2.53. The molecule has 0 unspecified atom stereocenters. The van der Waals surface area contributed by atoms with E-state index in [-0.39, 0.29) is 21.7 Å². The van der Waals surface area contributed by atoms with Crippen LogP contribution >= 0.6 is 0 Å². The number of fused-ring (bicyclic) bond motifs is 17. The van der Waals surface area contributed by atoms with Crippen molar-refractivity contribution in [1.29, 1.82) is 0 Å². The van der Waals surface area contributed by atoms with Gasteiger partial charge in [0.2, 0.25) is 0 Å². The Morgan fingerprint density at radius 3 is 1.06 bits per heavy atom. The molecule has 3 heteroatoms. The maximum absolute atomic E-state index is 6.97. The lowest BCUT2D eigenvalue weighted by molar-refractivity contribution is 0.590. The van der Waals surface area contributed by atoms with Gasteiger partial charge in [0.15, 0.2) is 0 Å². The summed E-state index contributed by atoms with van der Waals surface area (Å²) >= 11 is 0. The SMILES string of the molecule is CC(C)(C)c1ccc(N(c2ccc(C(C)(C)C)cc2)c2cc3c(c4ccccc24)-c2c(cc(N(c4ccc(C(C)(C)C)cc4)c4ccc(C(C)(C)C)cc4)c4cc5c(cc24)oc2ccccc25)C32c3ccccc3-c3ccccc32)cc1. The highest BCUT2D eigenvalue weighted by atomic mass is 16.3. The standard InChI is InChI=1S/C79H72N2O/c1-75(2,3)49-29-37-53(38-30-49)80(54-39-31-50(32-40-54)76(4,5)6)69-47-67-73(61-25-14-13-23-59(61)69)74-64-46-72-63(60-24-17-20-28-71(60)82-72)45-62(64)70(48-68(74)79(67)65-26-18-15-21-57(65)58-22-16-19-27-66(58)79)81(55-41-33-51(34-42-55)77(7,8)9)56-43-35-52(36-44-56)78(10,11)12/h13-48H,1-12H3. The van der Waals surface area contributed by atoms with Gasteiger partial charge in [-0.05, 0) is 178 Å². The summed E-state index contributed by atoms with van der Waals surface area (Å²) in [6.07, 6.45) is 0. The van der Waals surface area contributed by atoms with Crippen molar-refractivity contribution >= 4 is 77.6 Å². The Bertz CT molecular complexity index is 4350. The maximum atomic E-state index is 6.97. The highest BCUT2D eigenvalue weighted by molar-refractivity contribution is 6.22. The second kappa shape index (κ2) is 18.2. The molecule has 2 aliphatic carbocycles. The minimum atomic E-state index is -0.738. The Balaban J connectivity index is 1.15. The van der Waals surface area contributed by atoms with E-state index in [2.05, 4.69) is 311 Å². The van der Waals surface area contributed by atoms with Gasteiger partial charge in [0.25, 0.3) is 0 Å². The molecule has 0 aliphatic heterocycles. The van der Waals surface area contributed by atoms with Crippen LogP contribution in [0, 0.1) is 0 Å². The number of anilines is 6. The molecule has 404 valence electrons. The molecule has 0 fully saturated rings. The van der Waals surface area contributed by atoms with Crippen LogP contribution in [0.25, 0.3) is 65.7 Å². The highest BCUT2D eigenvalue weighted by Crippen LogP contribution is 2.67. The molecular formula is C79H72N2O. The van der Waals surface area contributed by atoms with Crippen LogP contribution in [0.3, 0.4) is 0 Å². The first kappa shape index (κ1) is 51.5. The van der Waals surface area contributed by atoms with Crippen molar-refractivity contribution in [3.05, 3.63) is 263 Å². The fraction of sp³-hybridized carbons (Fsp3) is 0.215. The summed E-state index contributed by atoms with van der Waals surface area (Å²) in [5.41, 5.74) is 23.0. The first-order valence-electron chi connectivity index (χ1n) is 29.4. The summed E-state index contributed by atoms with van der Waals surface area (Å²) < 4.78 is 6.97. The van der Waals surface area contributed by atoms with Gasteiger partial charge >= 0.3 is 0 Å². The van der Waals surface area contributed by atoms with Crippen molar-refractivity contribution in [3.8, 4) is 22.3 Å². The average molecular weight is 1070 g/mol. The molecule has 11 aromatic carbocycles. The largest absolute Gasteiger partial charge is 0.456 e. The monoisotopic (exact) mass is 1060 g/mol. The molecule has 0 radical (unpaired) electrons. The van der Waals surface area contributed by atoms with Crippen molar-refractivity contribution < 1.29 is 4.42 Å². The zero-order valence-corrected chi connectivity index (χ0v) is 49.6. The minimum Gasteiger partial charge on any atom is -0.456 e. The quantitative estimate of drug-likeness (QED) is 0.165. The fourth-order valence-corrected chi connectivity index (χ4v) is 13.7. The van der Waals surface area contributed by atoms with Crippen LogP contribution in [0.15, 0.2) is 223 Å². The van der Waals surface area contributed by atoms with E-state index in [9.17, 15) is 0 Å². The summed E-state index contributed by atoms with van der Waals surface area (Å²) in [6.45, 7) is 27.6. The van der Waals surface area contributed by atoms with Gasteiger partial charge in [-0.25, -0.2) is 0 Å². The molecule has 0 atom stereocenters. The van der Waals surface area contributed by atoms with Gasteiger partial charge in [0.05, 0.1) is 16.8 Å². The number of para-hydroxylation sites is 1. The molecule has 0 amide bonds. The van der Waals surface area contributed by atoms with Gasteiger partial charge in [0, 0.05) is 44.3 Å². The number of hydrogen-bond donors (Lipinski definition) is 0. The van der Waals surface area contributed by atoms with E-state index in [0.717, 1.165) is 66.8 Å². The lowest BCUT2D eigenvalue weighted by Crippen LogP contribution is -2.27. The molecule has 0 N–H and O–H groups in total. The third-order valence-corrected chi connectivity index (χ3v) is 18.1. The van der Waals surface area contributed by atoms with Gasteiger partial charge in [-0.15, -0.1) is 0 Å². The first-order valence-corrected chi connectivity index (χ1v) is 29.4. The molecule has 12 aromatic rings. The van der Waals surface area contributed by atoms with Crippen molar-refractivity contribution in [2.45, 2.75) is 110 Å². The van der Waals surface area contributed by atoms with Crippen LogP contribution in [0.2, 0.25) is 0 Å². The third-order valence-electron chi connectivity index (χ3n) is 18.1. The molecule has 14 rings (SSSR count). The van der Waals surface area contributed by atoms with E-state index < -0.39 is 5.41 Å². The summed E-state index contributed by atoms with van der Waals surface area (Å²) in [5, 5.41) is 6.93. The van der Waals surface area contributed by atoms with E-state index in [4.69, 9.17) is 4.42 Å². The third kappa shape index (κ3) is 7.90. The summed E-state index contributed by atoms with van der Waals surface area (Å²) in [6, 6.07) is 83.5. The lowest BCUT2D eigenvalue weighted by Gasteiger charge is -2.34. The molecule has 0 saturated heterocycles. The Kier molecular flexibility index (Phi) is 11.4. The number of hydrogen-bond acceptors (Lipinski definition) is 3. The summed E-state index contributed by atoms with van der Waals surface area (Å²) in [7, 11) is 0. The lowest BCUT2D eigenvalue weighted by atomic mass is 9.70. The molecule has 1 aromatic heterocycles. The first-order chi connectivity index (χ1) is 39.2. The van der Waals surface area contributed by atoms with E-state index >= 15 is 0 Å². The van der Waals surface area contributed by atoms with E-state index in [0.29, 0.717) is 0 Å². The number of benzene rings is 11. The van der Waals surface area contributed by atoms with Crippen molar-refractivity contribution in [2.24, 2.45) is 0 Å². The van der Waals surface area contributed by atoms with Crippen molar-refractivity contribution in [2.75, 3.05) is 9.80 Å². The number of nitrogens with zero attached hydrogens (tertiary/aromatic N) is 2. The Morgan fingerprint density at radius 2 is 0.634 bits per heavy atom. The van der Waals surface area contributed by atoms with Crippen LogP contribution in [0.4, 0.5) is 34.1 Å². The molecule has 3 nitrogen and oxygen atoms in total. The molecule has 82 heavy (non-hydrogen) atoms. The molecule has 2 aliphatic rings. The van der Waals surface area contributed by atoms with Crippen LogP contribution in [-0.2, 0) is 27.1 Å². The van der Waals surface area contributed by atoms with Crippen molar-refractivity contribution in [1.82, 2.24) is 0 Å². The predicted molar refractivity (Wildman–Crippen MR) is 349 cm³/mol. The summed E-state index contributed by atoms with van der Waals surface area (Å²) in [4.78, 5) is 5.06. The van der Waals surface area contributed by atoms with Gasteiger partial charge < -0.3 is 14.2 Å². The molecular weight excluding hydrogens is 993 g/mol. The smallest absolute Gasteiger partial charge is 0.136 e. The molecule has 1 heterocycles. The predicted octanol–water partition coefficient (Wildman–Crippen LogP) is 22.4. The van der Waals surface area contributed by atoms with Gasteiger partial charge in [-0.2, -0.15) is 0 Å². The molecule has 1 spiro atoms. The molecule has 0 saturated carbocycles. The van der Waals surface area contributed by atoms with Gasteiger partial charge in [-0.1, -0.05) is 223 Å². The maximum Gasteiger partial charge on any atom is 0.136 e. The zero-order valence-electron chi connectivity index (χ0n) is 49.6. The van der Waals surface area contributed by atoms with E-state index in [1.165, 1.54) is 77.5 Å². The van der Waals surface area contributed by atoms with Crippen LogP contribution in [-0.4, -0.2) is 0 Å². The van der Waals surface area contributed by atoms with Crippen LogP contribution in [0.1, 0.15) is 128 Å². The second-order valence-electron chi connectivity index (χ2n) is 27.4. The summed E-state index contributed by atoms with van der Waals surface area (Å²) in [5.74, 6) is 0. The normalized spacial score (nSPS) is 13.7. The van der Waals surface area contributed by atoms with E-state index in [1.54, 1.807) is 0 Å². The Morgan fingerprint density at radius 1 is 0.280 bits per heavy atom. The minimum absolute atomic E-state index is 0.00366. The average Bonchev–Trinajstić information content (AvgIpc) is 1.80. The zero-order chi connectivity index (χ0) is 56.8. The number of rotatable bonds is 6. The number of furan rings is 1. The van der Waals surface area contributed by atoms with Gasteiger partial charge in [0.1, 0.15) is 11.2 Å². The Hall–Kier alpha value is -8.66. The van der Waals surface area contributed by atoms with Crippen LogP contribution < -0.4 is 9.80 Å². The molecule has 0 bridgehead atoms.